The standard InChI is InChI=1S/C14H11BrN2O5/c15-10-3-1-9(2-4-10)13-17-16-12(22-13)8-21-14(18)11-7-19-5-6-20-11/h1-4,7H,5-6,8H2. The first-order valence-corrected chi connectivity index (χ1v) is 7.22. The first-order chi connectivity index (χ1) is 10.7. The number of rotatable bonds is 4. The summed E-state index contributed by atoms with van der Waals surface area (Å²) in [6.45, 7) is 0.593. The van der Waals surface area contributed by atoms with Crippen molar-refractivity contribution >= 4 is 21.9 Å². The number of carbonyl (C=O) groups is 1. The zero-order valence-corrected chi connectivity index (χ0v) is 12.9. The fourth-order valence-electron chi connectivity index (χ4n) is 1.69. The molecule has 0 spiro atoms. The van der Waals surface area contributed by atoms with Gasteiger partial charge in [-0.15, -0.1) is 10.2 Å². The molecular weight excluding hydrogens is 356 g/mol. The molecule has 1 aliphatic rings. The molecule has 0 fully saturated rings. The molecule has 7 nitrogen and oxygen atoms in total. The molecule has 0 saturated carbocycles. The topological polar surface area (TPSA) is 83.7 Å². The highest BCUT2D eigenvalue weighted by Crippen LogP contribution is 2.20. The molecule has 0 aliphatic carbocycles. The molecule has 0 amide bonds. The van der Waals surface area contributed by atoms with Gasteiger partial charge in [0.25, 0.3) is 5.89 Å². The Hall–Kier alpha value is -2.35. The first-order valence-electron chi connectivity index (χ1n) is 6.42. The molecule has 0 bridgehead atoms. The Labute approximate surface area is 134 Å². The lowest BCUT2D eigenvalue weighted by molar-refractivity contribution is -0.146. The Bertz CT molecular complexity index is 696. The van der Waals surface area contributed by atoms with E-state index in [2.05, 4.69) is 26.1 Å². The van der Waals surface area contributed by atoms with Crippen molar-refractivity contribution < 1.29 is 23.4 Å². The fourth-order valence-corrected chi connectivity index (χ4v) is 1.96. The highest BCUT2D eigenvalue weighted by molar-refractivity contribution is 9.10. The van der Waals surface area contributed by atoms with E-state index >= 15 is 0 Å². The van der Waals surface area contributed by atoms with Gasteiger partial charge in [-0.05, 0) is 24.3 Å². The maximum atomic E-state index is 11.7. The van der Waals surface area contributed by atoms with Crippen LogP contribution in [0.1, 0.15) is 5.89 Å². The molecule has 3 rings (SSSR count). The number of ether oxygens (including phenoxy) is 3. The zero-order chi connectivity index (χ0) is 15.4. The lowest BCUT2D eigenvalue weighted by Crippen LogP contribution is -2.17. The molecule has 1 aromatic heterocycles. The van der Waals surface area contributed by atoms with Gasteiger partial charge in [-0.25, -0.2) is 4.79 Å². The normalized spacial score (nSPS) is 13.8. The van der Waals surface area contributed by atoms with Crippen molar-refractivity contribution in [1.29, 1.82) is 0 Å². The molecule has 0 radical (unpaired) electrons. The van der Waals surface area contributed by atoms with Gasteiger partial charge in [0.05, 0.1) is 0 Å². The van der Waals surface area contributed by atoms with Crippen LogP contribution in [0.25, 0.3) is 11.5 Å². The van der Waals surface area contributed by atoms with Crippen LogP contribution in [0.3, 0.4) is 0 Å². The minimum Gasteiger partial charge on any atom is -0.493 e. The van der Waals surface area contributed by atoms with E-state index < -0.39 is 5.97 Å². The van der Waals surface area contributed by atoms with Crippen molar-refractivity contribution in [2.24, 2.45) is 0 Å². The Morgan fingerprint density at radius 2 is 2.05 bits per heavy atom. The summed E-state index contributed by atoms with van der Waals surface area (Å²) >= 11 is 3.35. The van der Waals surface area contributed by atoms with E-state index in [0.29, 0.717) is 19.1 Å². The van der Waals surface area contributed by atoms with Gasteiger partial charge in [0.15, 0.2) is 6.61 Å². The summed E-state index contributed by atoms with van der Waals surface area (Å²) < 4.78 is 21.5. The van der Waals surface area contributed by atoms with E-state index in [1.807, 2.05) is 24.3 Å². The third kappa shape index (κ3) is 3.45. The van der Waals surface area contributed by atoms with Crippen LogP contribution in [0.4, 0.5) is 0 Å². The van der Waals surface area contributed by atoms with E-state index in [4.69, 9.17) is 18.6 Å². The van der Waals surface area contributed by atoms with Crippen molar-refractivity contribution in [3.8, 4) is 11.5 Å². The third-order valence-electron chi connectivity index (χ3n) is 2.74. The van der Waals surface area contributed by atoms with Gasteiger partial charge in [-0.2, -0.15) is 0 Å². The second-order valence-corrected chi connectivity index (χ2v) is 5.20. The first kappa shape index (κ1) is 14.6. The van der Waals surface area contributed by atoms with Crippen LogP contribution < -0.4 is 0 Å². The number of carbonyl (C=O) groups excluding carboxylic acids is 1. The van der Waals surface area contributed by atoms with Gasteiger partial charge < -0.3 is 18.6 Å². The van der Waals surface area contributed by atoms with E-state index in [0.717, 1.165) is 10.0 Å². The lowest BCUT2D eigenvalue weighted by Gasteiger charge is -2.13. The molecule has 0 atom stereocenters. The van der Waals surface area contributed by atoms with Crippen LogP contribution in [0, 0.1) is 0 Å². The summed E-state index contributed by atoms with van der Waals surface area (Å²) in [7, 11) is 0. The minimum absolute atomic E-state index is 0.0268. The summed E-state index contributed by atoms with van der Waals surface area (Å²) in [6.07, 6.45) is 1.23. The second-order valence-electron chi connectivity index (χ2n) is 4.29. The summed E-state index contributed by atoms with van der Waals surface area (Å²) in [6, 6.07) is 7.41. The van der Waals surface area contributed by atoms with Crippen LogP contribution in [0.2, 0.25) is 0 Å². The fraction of sp³-hybridized carbons (Fsp3) is 0.214. The molecule has 0 unspecified atom stereocenters. The van der Waals surface area contributed by atoms with Gasteiger partial charge in [-0.1, -0.05) is 15.9 Å². The number of esters is 1. The van der Waals surface area contributed by atoms with E-state index in [9.17, 15) is 4.79 Å². The highest BCUT2D eigenvalue weighted by atomic mass is 79.9. The molecule has 2 heterocycles. The summed E-state index contributed by atoms with van der Waals surface area (Å²) in [4.78, 5) is 11.7. The molecular formula is C14H11BrN2O5. The van der Waals surface area contributed by atoms with Gasteiger partial charge in [0.2, 0.25) is 11.6 Å². The van der Waals surface area contributed by atoms with Gasteiger partial charge in [0, 0.05) is 10.0 Å². The predicted molar refractivity (Wildman–Crippen MR) is 77.2 cm³/mol. The quantitative estimate of drug-likeness (QED) is 0.768. The van der Waals surface area contributed by atoms with Crippen LogP contribution in [0.15, 0.2) is 45.2 Å². The molecule has 0 saturated heterocycles. The number of nitrogens with zero attached hydrogens (tertiary/aromatic N) is 2. The van der Waals surface area contributed by atoms with Crippen LogP contribution >= 0.6 is 15.9 Å². The Kier molecular flexibility index (Phi) is 4.38. The van der Waals surface area contributed by atoms with Crippen LogP contribution in [0.5, 0.6) is 0 Å². The number of halogens is 1. The average molecular weight is 367 g/mol. The van der Waals surface area contributed by atoms with Crippen molar-refractivity contribution in [2.75, 3.05) is 13.2 Å². The van der Waals surface area contributed by atoms with E-state index in [-0.39, 0.29) is 18.3 Å². The van der Waals surface area contributed by atoms with Crippen LogP contribution in [-0.2, 0) is 25.6 Å². The SMILES string of the molecule is O=C(OCc1nnc(-c2ccc(Br)cc2)o1)C1=COCCO1. The van der Waals surface area contributed by atoms with Gasteiger partial charge >= 0.3 is 5.97 Å². The zero-order valence-electron chi connectivity index (χ0n) is 11.3. The summed E-state index contributed by atoms with van der Waals surface area (Å²) in [5.74, 6) is -0.0550. The highest BCUT2D eigenvalue weighted by Gasteiger charge is 2.18. The number of hydrogen-bond donors (Lipinski definition) is 0. The molecule has 22 heavy (non-hydrogen) atoms. The van der Waals surface area contributed by atoms with Gasteiger partial charge in [-0.3, -0.25) is 0 Å². The summed E-state index contributed by atoms with van der Waals surface area (Å²) in [5, 5.41) is 7.75. The Balaban J connectivity index is 1.61. The monoisotopic (exact) mass is 366 g/mol. The molecule has 0 N–H and O–H groups in total. The predicted octanol–water partition coefficient (Wildman–Crippen LogP) is 2.43. The number of benzene rings is 1. The third-order valence-corrected chi connectivity index (χ3v) is 3.26. The smallest absolute Gasteiger partial charge is 0.377 e. The van der Waals surface area contributed by atoms with Crippen molar-refractivity contribution in [3.05, 3.63) is 46.7 Å². The molecule has 8 heteroatoms. The molecule has 114 valence electrons. The lowest BCUT2D eigenvalue weighted by atomic mass is 10.2. The van der Waals surface area contributed by atoms with E-state index in [1.165, 1.54) is 6.26 Å². The molecule has 1 aromatic carbocycles. The maximum Gasteiger partial charge on any atom is 0.377 e. The van der Waals surface area contributed by atoms with Crippen molar-refractivity contribution in [1.82, 2.24) is 10.2 Å². The molecule has 2 aromatic rings. The second kappa shape index (κ2) is 6.61. The largest absolute Gasteiger partial charge is 0.493 e. The minimum atomic E-state index is -0.636. The maximum absolute atomic E-state index is 11.7. The Morgan fingerprint density at radius 1 is 1.23 bits per heavy atom. The number of aromatic nitrogens is 2. The van der Waals surface area contributed by atoms with Crippen molar-refractivity contribution in [3.63, 3.8) is 0 Å². The summed E-state index contributed by atoms with van der Waals surface area (Å²) in [5.41, 5.74) is 0.778. The number of hydrogen-bond acceptors (Lipinski definition) is 7. The van der Waals surface area contributed by atoms with E-state index in [1.54, 1.807) is 0 Å². The Morgan fingerprint density at radius 3 is 2.77 bits per heavy atom. The average Bonchev–Trinajstić information content (AvgIpc) is 3.03. The van der Waals surface area contributed by atoms with Gasteiger partial charge in [0.1, 0.15) is 19.5 Å². The van der Waals surface area contributed by atoms with Crippen molar-refractivity contribution in [2.45, 2.75) is 6.61 Å². The molecule has 1 aliphatic heterocycles. The van der Waals surface area contributed by atoms with Crippen LogP contribution in [-0.4, -0.2) is 29.4 Å².